The maximum absolute atomic E-state index is 11.8. The van der Waals surface area contributed by atoms with Crippen LogP contribution in [0.1, 0.15) is 10.4 Å². The molecule has 1 aromatic carbocycles. The zero-order valence-electron chi connectivity index (χ0n) is 10.3. The molecule has 0 saturated carbocycles. The van der Waals surface area contributed by atoms with Crippen molar-refractivity contribution in [3.8, 4) is 0 Å². The lowest BCUT2D eigenvalue weighted by Crippen LogP contribution is -2.42. The highest BCUT2D eigenvalue weighted by Crippen LogP contribution is 2.08. The molecule has 1 saturated heterocycles. The molecule has 1 aliphatic heterocycles. The summed E-state index contributed by atoms with van der Waals surface area (Å²) in [6, 6.07) is 7.01. The molecule has 0 atom stereocenters. The molecule has 1 heterocycles. The van der Waals surface area contributed by atoms with Crippen molar-refractivity contribution in [3.05, 3.63) is 33.4 Å². The van der Waals surface area contributed by atoms with E-state index in [-0.39, 0.29) is 12.5 Å². The van der Waals surface area contributed by atoms with E-state index < -0.39 is 5.97 Å². The largest absolute Gasteiger partial charge is 0.452 e. The molecule has 0 radical (unpaired) electrons. The molecule has 0 N–H and O–H groups in total. The van der Waals surface area contributed by atoms with Gasteiger partial charge in [-0.1, -0.05) is 0 Å². The number of hydrogen-bond acceptors (Lipinski definition) is 4. The second-order valence-electron chi connectivity index (χ2n) is 4.08. The number of rotatable bonds is 3. The van der Waals surface area contributed by atoms with Gasteiger partial charge in [0.15, 0.2) is 6.61 Å². The van der Waals surface area contributed by atoms with Crippen LogP contribution < -0.4 is 0 Å². The van der Waals surface area contributed by atoms with Gasteiger partial charge >= 0.3 is 5.97 Å². The van der Waals surface area contributed by atoms with Crippen molar-refractivity contribution >= 4 is 34.5 Å². The zero-order valence-corrected chi connectivity index (χ0v) is 12.5. The molecule has 1 aromatic rings. The maximum Gasteiger partial charge on any atom is 0.338 e. The van der Waals surface area contributed by atoms with E-state index in [9.17, 15) is 9.59 Å². The molecule has 0 aromatic heterocycles. The van der Waals surface area contributed by atoms with Crippen LogP contribution in [0.15, 0.2) is 24.3 Å². The summed E-state index contributed by atoms with van der Waals surface area (Å²) in [6.45, 7) is 1.97. The fourth-order valence-electron chi connectivity index (χ4n) is 1.70. The summed E-state index contributed by atoms with van der Waals surface area (Å²) in [7, 11) is 0. The Balaban J connectivity index is 1.82. The third kappa shape index (κ3) is 4.17. The van der Waals surface area contributed by atoms with Crippen LogP contribution in [0.5, 0.6) is 0 Å². The van der Waals surface area contributed by atoms with Gasteiger partial charge in [0, 0.05) is 16.7 Å². The topological polar surface area (TPSA) is 55.8 Å². The summed E-state index contributed by atoms with van der Waals surface area (Å²) in [5, 5.41) is 0. The van der Waals surface area contributed by atoms with Gasteiger partial charge in [0.1, 0.15) is 0 Å². The van der Waals surface area contributed by atoms with Crippen molar-refractivity contribution in [2.75, 3.05) is 32.9 Å². The molecule has 1 aliphatic rings. The second-order valence-corrected chi connectivity index (χ2v) is 5.32. The summed E-state index contributed by atoms with van der Waals surface area (Å²) in [4.78, 5) is 25.1. The van der Waals surface area contributed by atoms with E-state index in [4.69, 9.17) is 9.47 Å². The Morgan fingerprint density at radius 2 is 1.84 bits per heavy atom. The first-order valence-corrected chi connectivity index (χ1v) is 7.03. The van der Waals surface area contributed by atoms with E-state index in [1.807, 2.05) is 12.1 Å². The predicted octanol–water partition coefficient (Wildman–Crippen LogP) is 1.31. The van der Waals surface area contributed by atoms with Gasteiger partial charge in [-0.3, -0.25) is 4.79 Å². The van der Waals surface area contributed by atoms with E-state index in [2.05, 4.69) is 22.6 Å². The van der Waals surface area contributed by atoms with Crippen LogP contribution in [0.2, 0.25) is 0 Å². The summed E-state index contributed by atoms with van der Waals surface area (Å²) in [5.41, 5.74) is 0.454. The lowest BCUT2D eigenvalue weighted by atomic mass is 10.2. The molecule has 102 valence electrons. The number of carbonyl (C=O) groups is 2. The second kappa shape index (κ2) is 6.85. The normalized spacial score (nSPS) is 15.1. The van der Waals surface area contributed by atoms with Crippen molar-refractivity contribution < 1.29 is 19.1 Å². The van der Waals surface area contributed by atoms with Crippen LogP contribution >= 0.6 is 22.6 Å². The third-order valence-corrected chi connectivity index (χ3v) is 3.49. The van der Waals surface area contributed by atoms with E-state index in [1.165, 1.54) is 0 Å². The number of esters is 1. The summed E-state index contributed by atoms with van der Waals surface area (Å²) in [6.07, 6.45) is 0. The molecule has 19 heavy (non-hydrogen) atoms. The van der Waals surface area contributed by atoms with Gasteiger partial charge in [-0.2, -0.15) is 0 Å². The number of benzene rings is 1. The Hall–Kier alpha value is -1.15. The Morgan fingerprint density at radius 3 is 2.47 bits per heavy atom. The summed E-state index contributed by atoms with van der Waals surface area (Å²) >= 11 is 2.16. The van der Waals surface area contributed by atoms with E-state index in [1.54, 1.807) is 17.0 Å². The Kier molecular flexibility index (Phi) is 5.15. The summed E-state index contributed by atoms with van der Waals surface area (Å²) < 4.78 is 11.2. The van der Waals surface area contributed by atoms with Gasteiger partial charge in [-0.05, 0) is 46.9 Å². The van der Waals surface area contributed by atoms with Gasteiger partial charge in [0.05, 0.1) is 18.8 Å². The lowest BCUT2D eigenvalue weighted by Gasteiger charge is -2.26. The van der Waals surface area contributed by atoms with Crippen LogP contribution in [0.3, 0.4) is 0 Å². The van der Waals surface area contributed by atoms with Crippen LogP contribution in [-0.4, -0.2) is 49.7 Å². The van der Waals surface area contributed by atoms with Crippen molar-refractivity contribution in [1.29, 1.82) is 0 Å². The highest BCUT2D eigenvalue weighted by Gasteiger charge is 2.18. The lowest BCUT2D eigenvalue weighted by molar-refractivity contribution is -0.138. The molecular weight excluding hydrogens is 361 g/mol. The molecule has 0 spiro atoms. The highest BCUT2D eigenvalue weighted by atomic mass is 127. The van der Waals surface area contributed by atoms with Crippen molar-refractivity contribution in [2.45, 2.75) is 0 Å². The van der Waals surface area contributed by atoms with E-state index in [0.717, 1.165) is 3.57 Å². The Bertz CT molecular complexity index is 454. The van der Waals surface area contributed by atoms with Gasteiger partial charge in [0.2, 0.25) is 0 Å². The number of ether oxygens (including phenoxy) is 2. The monoisotopic (exact) mass is 375 g/mol. The molecular formula is C13H14INO4. The molecule has 5 nitrogen and oxygen atoms in total. The van der Waals surface area contributed by atoms with Crippen LogP contribution in [0, 0.1) is 3.57 Å². The molecule has 1 amide bonds. The molecule has 2 rings (SSSR count). The predicted molar refractivity (Wildman–Crippen MR) is 76.8 cm³/mol. The van der Waals surface area contributed by atoms with Crippen molar-refractivity contribution in [2.24, 2.45) is 0 Å². The first-order valence-electron chi connectivity index (χ1n) is 5.95. The Labute approximate surface area is 125 Å². The van der Waals surface area contributed by atoms with Crippen molar-refractivity contribution in [3.63, 3.8) is 0 Å². The fraction of sp³-hybridized carbons (Fsp3) is 0.385. The van der Waals surface area contributed by atoms with Crippen LogP contribution in [-0.2, 0) is 14.3 Å². The van der Waals surface area contributed by atoms with Gasteiger partial charge in [0.25, 0.3) is 5.91 Å². The molecule has 0 aliphatic carbocycles. The maximum atomic E-state index is 11.8. The molecule has 0 bridgehead atoms. The minimum atomic E-state index is -0.474. The number of morpholine rings is 1. The third-order valence-electron chi connectivity index (χ3n) is 2.77. The highest BCUT2D eigenvalue weighted by molar-refractivity contribution is 14.1. The van der Waals surface area contributed by atoms with Gasteiger partial charge in [-0.25, -0.2) is 4.79 Å². The zero-order chi connectivity index (χ0) is 13.7. The quantitative estimate of drug-likeness (QED) is 0.591. The number of nitrogens with zero attached hydrogens (tertiary/aromatic N) is 1. The average Bonchev–Trinajstić information content (AvgIpc) is 2.46. The SMILES string of the molecule is O=C(OCC(=O)N1CCOCC1)c1ccc(I)cc1. The minimum Gasteiger partial charge on any atom is -0.452 e. The van der Waals surface area contributed by atoms with Crippen LogP contribution in [0.25, 0.3) is 0 Å². The summed E-state index contributed by atoms with van der Waals surface area (Å²) in [5.74, 6) is -0.653. The smallest absolute Gasteiger partial charge is 0.338 e. The molecule has 6 heteroatoms. The van der Waals surface area contributed by atoms with Gasteiger partial charge < -0.3 is 14.4 Å². The number of carbonyl (C=O) groups excluding carboxylic acids is 2. The molecule has 1 fully saturated rings. The fourth-order valence-corrected chi connectivity index (χ4v) is 2.06. The number of halogens is 1. The minimum absolute atomic E-state index is 0.179. The first-order chi connectivity index (χ1) is 9.16. The first kappa shape index (κ1) is 14.3. The Morgan fingerprint density at radius 1 is 1.21 bits per heavy atom. The van der Waals surface area contributed by atoms with Crippen molar-refractivity contribution in [1.82, 2.24) is 4.90 Å². The van der Waals surface area contributed by atoms with Gasteiger partial charge in [-0.15, -0.1) is 0 Å². The number of hydrogen-bond donors (Lipinski definition) is 0. The number of amides is 1. The van der Waals surface area contributed by atoms with E-state index in [0.29, 0.717) is 31.9 Å². The van der Waals surface area contributed by atoms with E-state index >= 15 is 0 Å². The average molecular weight is 375 g/mol. The molecule has 0 unspecified atom stereocenters. The van der Waals surface area contributed by atoms with Crippen LogP contribution in [0.4, 0.5) is 0 Å². The standard InChI is InChI=1S/C13H14INO4/c14-11-3-1-10(2-4-11)13(17)19-9-12(16)15-5-7-18-8-6-15/h1-4H,5-9H2.